The Hall–Kier alpha value is -3.29. The zero-order valence-electron chi connectivity index (χ0n) is 15.8. The first-order chi connectivity index (χ1) is 13.8. The number of carbonyl (C=O) groups is 1. The molecule has 1 aromatic heterocycles. The molecule has 1 N–H and O–H groups in total. The van der Waals surface area contributed by atoms with E-state index >= 15 is 0 Å². The highest BCUT2D eigenvalue weighted by molar-refractivity contribution is 5.90. The number of nitrogens with zero attached hydrogens (tertiary/aromatic N) is 2. The summed E-state index contributed by atoms with van der Waals surface area (Å²) in [5.74, 6) is -1.96. The topological polar surface area (TPSA) is 58.4 Å². The van der Waals surface area contributed by atoms with E-state index in [1.165, 1.54) is 25.1 Å². The molecular formula is C21H18F3N3O2. The van der Waals surface area contributed by atoms with Gasteiger partial charge in [-0.1, -0.05) is 17.3 Å². The molecule has 0 saturated carbocycles. The smallest absolute Gasteiger partial charge is 0.322 e. The lowest BCUT2D eigenvalue weighted by Crippen LogP contribution is -2.44. The third-order valence-electron chi connectivity index (χ3n) is 5.03. The van der Waals surface area contributed by atoms with E-state index in [0.29, 0.717) is 29.0 Å². The number of nitrogens with one attached hydrogen (secondary N) is 1. The number of amides is 2. The fourth-order valence-corrected chi connectivity index (χ4v) is 3.50. The van der Waals surface area contributed by atoms with Crippen LogP contribution in [-0.4, -0.2) is 22.1 Å². The molecule has 5 nitrogen and oxygen atoms in total. The molecule has 2 heterocycles. The van der Waals surface area contributed by atoms with Gasteiger partial charge in [-0.3, -0.25) is 0 Å². The van der Waals surface area contributed by atoms with Gasteiger partial charge in [0.05, 0.1) is 12.2 Å². The molecule has 0 aliphatic carbocycles. The third kappa shape index (κ3) is 3.57. The number of fused-ring (bicyclic) bond motifs is 1. The average molecular weight is 401 g/mol. The standard InChI is InChI=1S/C21H18F3N3O2/c1-11-6-15(9-17(23)19(11)24)25-21(28)27-10-16-18(7-12(27)2)26-29-20(16)13-4-3-5-14(22)8-13/h3-6,8-9,12H,7,10H2,1-2H3,(H,25,28)/t12-/m0/s1. The second-order valence-electron chi connectivity index (χ2n) is 7.15. The molecule has 1 aliphatic heterocycles. The van der Waals surface area contributed by atoms with Gasteiger partial charge >= 0.3 is 6.03 Å². The zero-order valence-corrected chi connectivity index (χ0v) is 15.8. The van der Waals surface area contributed by atoms with Crippen LogP contribution in [0.1, 0.15) is 23.7 Å². The maximum absolute atomic E-state index is 13.6. The summed E-state index contributed by atoms with van der Waals surface area (Å²) in [7, 11) is 0. The van der Waals surface area contributed by atoms with Crippen LogP contribution in [-0.2, 0) is 13.0 Å². The second-order valence-corrected chi connectivity index (χ2v) is 7.15. The van der Waals surface area contributed by atoms with E-state index in [1.54, 1.807) is 17.0 Å². The molecule has 0 saturated heterocycles. The number of benzene rings is 2. The average Bonchev–Trinajstić information content (AvgIpc) is 3.08. The summed E-state index contributed by atoms with van der Waals surface area (Å²) in [5.41, 5.74) is 2.21. The number of aromatic nitrogens is 1. The Balaban J connectivity index is 1.60. The molecule has 29 heavy (non-hydrogen) atoms. The Labute approximate surface area is 165 Å². The van der Waals surface area contributed by atoms with Crippen molar-refractivity contribution in [2.45, 2.75) is 32.9 Å². The quantitative estimate of drug-likeness (QED) is 0.654. The summed E-state index contributed by atoms with van der Waals surface area (Å²) in [6.45, 7) is 3.47. The number of aryl methyl sites for hydroxylation is 1. The maximum atomic E-state index is 13.6. The minimum absolute atomic E-state index is 0.0988. The van der Waals surface area contributed by atoms with Gasteiger partial charge in [0.25, 0.3) is 0 Å². The normalized spacial score (nSPS) is 15.9. The van der Waals surface area contributed by atoms with Crippen LogP contribution in [0.15, 0.2) is 40.9 Å². The molecule has 2 aromatic carbocycles. The Kier molecular flexibility index (Phi) is 4.77. The van der Waals surface area contributed by atoms with E-state index in [-0.39, 0.29) is 23.8 Å². The number of anilines is 1. The van der Waals surface area contributed by atoms with Gasteiger partial charge in [0.15, 0.2) is 17.4 Å². The van der Waals surface area contributed by atoms with Crippen LogP contribution in [0, 0.1) is 24.4 Å². The molecule has 0 radical (unpaired) electrons. The van der Waals surface area contributed by atoms with Gasteiger partial charge in [-0.15, -0.1) is 0 Å². The van der Waals surface area contributed by atoms with Crippen molar-refractivity contribution in [1.82, 2.24) is 10.1 Å². The number of urea groups is 1. The van der Waals surface area contributed by atoms with Crippen molar-refractivity contribution in [2.24, 2.45) is 0 Å². The van der Waals surface area contributed by atoms with Crippen molar-refractivity contribution < 1.29 is 22.5 Å². The van der Waals surface area contributed by atoms with E-state index in [0.717, 1.165) is 6.07 Å². The van der Waals surface area contributed by atoms with E-state index in [2.05, 4.69) is 10.5 Å². The highest BCUT2D eigenvalue weighted by Crippen LogP contribution is 2.33. The van der Waals surface area contributed by atoms with Crippen molar-refractivity contribution >= 4 is 11.7 Å². The Bertz CT molecular complexity index is 1070. The van der Waals surface area contributed by atoms with Crippen LogP contribution in [0.3, 0.4) is 0 Å². The van der Waals surface area contributed by atoms with Gasteiger partial charge in [0, 0.05) is 35.3 Å². The van der Waals surface area contributed by atoms with Crippen LogP contribution < -0.4 is 5.32 Å². The predicted molar refractivity (Wildman–Crippen MR) is 101 cm³/mol. The monoisotopic (exact) mass is 401 g/mol. The van der Waals surface area contributed by atoms with Crippen molar-refractivity contribution in [3.63, 3.8) is 0 Å². The molecule has 0 fully saturated rings. The molecule has 4 rings (SSSR count). The van der Waals surface area contributed by atoms with E-state index in [4.69, 9.17) is 4.52 Å². The summed E-state index contributed by atoms with van der Waals surface area (Å²) in [4.78, 5) is 14.4. The van der Waals surface area contributed by atoms with Crippen LogP contribution in [0.25, 0.3) is 11.3 Å². The molecule has 3 aromatic rings. The summed E-state index contributed by atoms with van der Waals surface area (Å²) < 4.78 is 46.2. The van der Waals surface area contributed by atoms with E-state index in [1.807, 2.05) is 6.92 Å². The SMILES string of the molecule is Cc1cc(NC(=O)N2Cc3c(noc3-c3cccc(F)c3)C[C@@H]2C)cc(F)c1F. The fraction of sp³-hybridized carbons (Fsp3) is 0.238. The van der Waals surface area contributed by atoms with E-state index in [9.17, 15) is 18.0 Å². The minimum atomic E-state index is -1.03. The number of hydrogen-bond acceptors (Lipinski definition) is 3. The van der Waals surface area contributed by atoms with Gasteiger partial charge in [-0.05, 0) is 37.6 Å². The van der Waals surface area contributed by atoms with Crippen LogP contribution in [0.5, 0.6) is 0 Å². The molecular weight excluding hydrogens is 383 g/mol. The van der Waals surface area contributed by atoms with Crippen molar-refractivity contribution in [3.05, 3.63) is 70.7 Å². The maximum Gasteiger partial charge on any atom is 0.322 e. The first-order valence-corrected chi connectivity index (χ1v) is 9.10. The van der Waals surface area contributed by atoms with Gasteiger partial charge in [0.2, 0.25) is 0 Å². The van der Waals surface area contributed by atoms with Crippen LogP contribution in [0.4, 0.5) is 23.7 Å². The summed E-state index contributed by atoms with van der Waals surface area (Å²) in [6, 6.07) is 7.60. The lowest BCUT2D eigenvalue weighted by atomic mass is 9.97. The van der Waals surface area contributed by atoms with Gasteiger partial charge in [-0.25, -0.2) is 18.0 Å². The lowest BCUT2D eigenvalue weighted by molar-refractivity contribution is 0.182. The Morgan fingerprint density at radius 1 is 1.24 bits per heavy atom. The largest absolute Gasteiger partial charge is 0.356 e. The Morgan fingerprint density at radius 2 is 2.03 bits per heavy atom. The lowest BCUT2D eigenvalue weighted by Gasteiger charge is -2.32. The first kappa shape index (κ1) is 19.0. The molecule has 0 unspecified atom stereocenters. The number of carbonyl (C=O) groups excluding carboxylic acids is 1. The summed E-state index contributed by atoms with van der Waals surface area (Å²) in [6.07, 6.45) is 0.457. The van der Waals surface area contributed by atoms with Crippen molar-refractivity contribution in [2.75, 3.05) is 5.32 Å². The highest BCUT2D eigenvalue weighted by atomic mass is 19.2. The number of rotatable bonds is 2. The summed E-state index contributed by atoms with van der Waals surface area (Å²) in [5, 5.41) is 6.69. The number of hydrogen-bond donors (Lipinski definition) is 1. The molecule has 1 aliphatic rings. The highest BCUT2D eigenvalue weighted by Gasteiger charge is 2.32. The molecule has 8 heteroatoms. The fourth-order valence-electron chi connectivity index (χ4n) is 3.50. The van der Waals surface area contributed by atoms with Crippen LogP contribution >= 0.6 is 0 Å². The van der Waals surface area contributed by atoms with Crippen LogP contribution in [0.2, 0.25) is 0 Å². The molecule has 0 spiro atoms. The minimum Gasteiger partial charge on any atom is -0.356 e. The van der Waals surface area contributed by atoms with Crippen molar-refractivity contribution in [3.8, 4) is 11.3 Å². The molecule has 2 amide bonds. The van der Waals surface area contributed by atoms with E-state index < -0.39 is 23.5 Å². The summed E-state index contributed by atoms with van der Waals surface area (Å²) >= 11 is 0. The number of halogens is 3. The Morgan fingerprint density at radius 3 is 2.76 bits per heavy atom. The molecule has 150 valence electrons. The van der Waals surface area contributed by atoms with Gasteiger partial charge < -0.3 is 14.7 Å². The first-order valence-electron chi connectivity index (χ1n) is 9.10. The van der Waals surface area contributed by atoms with Gasteiger partial charge in [-0.2, -0.15) is 0 Å². The zero-order chi connectivity index (χ0) is 20.7. The van der Waals surface area contributed by atoms with Crippen molar-refractivity contribution in [1.29, 1.82) is 0 Å². The predicted octanol–water partition coefficient (Wildman–Crippen LogP) is 5.05. The van der Waals surface area contributed by atoms with Gasteiger partial charge in [0.1, 0.15) is 5.82 Å². The molecule has 1 atom stereocenters. The second kappa shape index (κ2) is 7.27. The third-order valence-corrected chi connectivity index (χ3v) is 5.03. The molecule has 0 bridgehead atoms.